The monoisotopic (exact) mass is 356 g/mol. The standard InChI is InChI=1S/C20H28N4O2/c1-13-6-14(2)8-15(7-13)4-5-19(26)21-11-17-9-16(10-18(17)25)20-23-22-12-24(20)3/h6-8,12,16-18,25H,4-5,9-11H2,1-3H3,(H,21,26)/t16-,17+,18+/m0/s1. The van der Waals surface area contributed by atoms with Gasteiger partial charge in [0.2, 0.25) is 5.91 Å². The second-order valence-corrected chi connectivity index (χ2v) is 7.60. The third-order valence-corrected chi connectivity index (χ3v) is 5.25. The molecular formula is C20H28N4O2. The number of carbonyl (C=O) groups is 1. The van der Waals surface area contributed by atoms with Gasteiger partial charge in [0.1, 0.15) is 12.2 Å². The van der Waals surface area contributed by atoms with Gasteiger partial charge in [0.05, 0.1) is 6.10 Å². The van der Waals surface area contributed by atoms with Crippen molar-refractivity contribution in [2.45, 2.75) is 51.6 Å². The van der Waals surface area contributed by atoms with Crippen LogP contribution in [0.5, 0.6) is 0 Å². The van der Waals surface area contributed by atoms with Crippen LogP contribution in [0.3, 0.4) is 0 Å². The maximum Gasteiger partial charge on any atom is 0.220 e. The SMILES string of the molecule is Cc1cc(C)cc(CCC(=O)NC[C@H]2C[C@H](c3nncn3C)C[C@H]2O)c1. The molecule has 1 aromatic heterocycles. The van der Waals surface area contributed by atoms with Crippen molar-refractivity contribution in [3.05, 3.63) is 47.0 Å². The van der Waals surface area contributed by atoms with Crippen LogP contribution in [-0.2, 0) is 18.3 Å². The van der Waals surface area contributed by atoms with Crippen LogP contribution < -0.4 is 5.32 Å². The summed E-state index contributed by atoms with van der Waals surface area (Å²) in [7, 11) is 1.92. The van der Waals surface area contributed by atoms with Crippen molar-refractivity contribution in [3.63, 3.8) is 0 Å². The molecule has 1 saturated carbocycles. The predicted molar refractivity (Wildman–Crippen MR) is 99.7 cm³/mol. The number of aliphatic hydroxyl groups is 1. The normalized spacial score (nSPS) is 22.5. The van der Waals surface area contributed by atoms with Gasteiger partial charge in [-0.3, -0.25) is 4.79 Å². The molecule has 26 heavy (non-hydrogen) atoms. The van der Waals surface area contributed by atoms with Gasteiger partial charge < -0.3 is 15.0 Å². The highest BCUT2D eigenvalue weighted by molar-refractivity contribution is 5.76. The number of aromatic nitrogens is 3. The second kappa shape index (κ2) is 7.99. The summed E-state index contributed by atoms with van der Waals surface area (Å²) in [5.41, 5.74) is 3.65. The molecule has 0 spiro atoms. The Labute approximate surface area is 154 Å². The molecule has 3 atom stereocenters. The average Bonchev–Trinajstić information content (AvgIpc) is 3.15. The summed E-state index contributed by atoms with van der Waals surface area (Å²) in [6.07, 6.45) is 3.99. The molecule has 0 unspecified atom stereocenters. The van der Waals surface area contributed by atoms with Gasteiger partial charge in [0.15, 0.2) is 0 Å². The Morgan fingerprint density at radius 3 is 2.65 bits per heavy atom. The molecule has 2 aromatic rings. The van der Waals surface area contributed by atoms with Gasteiger partial charge in [-0.05, 0) is 38.7 Å². The minimum absolute atomic E-state index is 0.0402. The van der Waals surface area contributed by atoms with Crippen molar-refractivity contribution in [2.24, 2.45) is 13.0 Å². The van der Waals surface area contributed by atoms with Crippen LogP contribution in [0.4, 0.5) is 0 Å². The number of rotatable bonds is 6. The van der Waals surface area contributed by atoms with E-state index < -0.39 is 6.10 Å². The van der Waals surface area contributed by atoms with Crippen LogP contribution >= 0.6 is 0 Å². The van der Waals surface area contributed by atoms with Crippen molar-refractivity contribution in [1.29, 1.82) is 0 Å². The van der Waals surface area contributed by atoms with Gasteiger partial charge >= 0.3 is 0 Å². The largest absolute Gasteiger partial charge is 0.393 e. The first-order chi connectivity index (χ1) is 12.4. The topological polar surface area (TPSA) is 80.0 Å². The summed E-state index contributed by atoms with van der Waals surface area (Å²) in [6.45, 7) is 4.67. The highest BCUT2D eigenvalue weighted by atomic mass is 16.3. The highest BCUT2D eigenvalue weighted by Gasteiger charge is 2.35. The maximum atomic E-state index is 12.2. The molecule has 1 aliphatic rings. The molecule has 6 heteroatoms. The number of benzene rings is 1. The molecule has 6 nitrogen and oxygen atoms in total. The Bertz CT molecular complexity index is 751. The van der Waals surface area contributed by atoms with Gasteiger partial charge in [0.25, 0.3) is 0 Å². The lowest BCUT2D eigenvalue weighted by atomic mass is 10.0. The van der Waals surface area contributed by atoms with Crippen molar-refractivity contribution in [1.82, 2.24) is 20.1 Å². The number of carbonyl (C=O) groups excluding carboxylic acids is 1. The molecule has 140 valence electrons. The zero-order chi connectivity index (χ0) is 18.7. The maximum absolute atomic E-state index is 12.2. The minimum atomic E-state index is -0.406. The lowest BCUT2D eigenvalue weighted by molar-refractivity contribution is -0.121. The first kappa shape index (κ1) is 18.6. The van der Waals surface area contributed by atoms with E-state index in [0.717, 1.165) is 18.7 Å². The van der Waals surface area contributed by atoms with E-state index in [1.165, 1.54) is 16.7 Å². The number of amides is 1. The molecule has 1 heterocycles. The molecule has 0 bridgehead atoms. The van der Waals surface area contributed by atoms with Gasteiger partial charge in [0, 0.05) is 31.8 Å². The quantitative estimate of drug-likeness (QED) is 0.830. The van der Waals surface area contributed by atoms with Crippen LogP contribution in [0.15, 0.2) is 24.5 Å². The Morgan fingerprint density at radius 1 is 1.27 bits per heavy atom. The van der Waals surface area contributed by atoms with Gasteiger partial charge in [-0.15, -0.1) is 10.2 Å². The van der Waals surface area contributed by atoms with E-state index in [-0.39, 0.29) is 17.7 Å². The first-order valence-electron chi connectivity index (χ1n) is 9.28. The summed E-state index contributed by atoms with van der Waals surface area (Å²) in [5, 5.41) is 21.4. The molecular weight excluding hydrogens is 328 g/mol. The van der Waals surface area contributed by atoms with Crippen LogP contribution in [0.1, 0.15) is 47.7 Å². The molecule has 2 N–H and O–H groups in total. The number of nitrogens with one attached hydrogen (secondary N) is 1. The molecule has 1 aromatic carbocycles. The Hall–Kier alpha value is -2.21. The third-order valence-electron chi connectivity index (χ3n) is 5.25. The number of aliphatic hydroxyl groups excluding tert-OH is 1. The molecule has 0 radical (unpaired) electrons. The Balaban J connectivity index is 1.46. The number of hydrogen-bond acceptors (Lipinski definition) is 4. The molecule has 0 saturated heterocycles. The molecule has 1 fully saturated rings. The van der Waals surface area contributed by atoms with Crippen molar-refractivity contribution >= 4 is 5.91 Å². The van der Waals surface area contributed by atoms with Crippen LogP contribution in [0, 0.1) is 19.8 Å². The lowest BCUT2D eigenvalue weighted by Crippen LogP contribution is -2.32. The number of nitrogens with zero attached hydrogens (tertiary/aromatic N) is 3. The fraction of sp³-hybridized carbons (Fsp3) is 0.550. The first-order valence-corrected chi connectivity index (χ1v) is 9.28. The van der Waals surface area contributed by atoms with Gasteiger partial charge in [-0.1, -0.05) is 29.3 Å². The fourth-order valence-corrected chi connectivity index (χ4v) is 4.00. The summed E-state index contributed by atoms with van der Waals surface area (Å²) in [5.74, 6) is 1.22. The van der Waals surface area contributed by atoms with E-state index in [4.69, 9.17) is 0 Å². The van der Waals surface area contributed by atoms with E-state index >= 15 is 0 Å². The molecule has 1 aliphatic carbocycles. The van der Waals surface area contributed by atoms with E-state index in [1.54, 1.807) is 6.33 Å². The lowest BCUT2D eigenvalue weighted by Gasteiger charge is -2.15. The van der Waals surface area contributed by atoms with Crippen LogP contribution in [0.25, 0.3) is 0 Å². The highest BCUT2D eigenvalue weighted by Crippen LogP contribution is 2.37. The van der Waals surface area contributed by atoms with Crippen LogP contribution in [-0.4, -0.2) is 38.4 Å². The van der Waals surface area contributed by atoms with Crippen molar-refractivity contribution in [2.75, 3.05) is 6.54 Å². The van der Waals surface area contributed by atoms with Crippen molar-refractivity contribution < 1.29 is 9.90 Å². The zero-order valence-corrected chi connectivity index (χ0v) is 15.8. The number of hydrogen-bond donors (Lipinski definition) is 2. The molecule has 1 amide bonds. The predicted octanol–water partition coefficient (Wildman–Crippen LogP) is 2.04. The van der Waals surface area contributed by atoms with Gasteiger partial charge in [-0.25, -0.2) is 0 Å². The summed E-state index contributed by atoms with van der Waals surface area (Å²) in [6, 6.07) is 6.40. The smallest absolute Gasteiger partial charge is 0.220 e. The summed E-state index contributed by atoms with van der Waals surface area (Å²) < 4.78 is 1.90. The minimum Gasteiger partial charge on any atom is -0.393 e. The molecule has 0 aliphatic heterocycles. The third kappa shape index (κ3) is 4.49. The Kier molecular flexibility index (Phi) is 5.71. The van der Waals surface area contributed by atoms with E-state index in [9.17, 15) is 9.90 Å². The average molecular weight is 356 g/mol. The van der Waals surface area contributed by atoms with Gasteiger partial charge in [-0.2, -0.15) is 0 Å². The van der Waals surface area contributed by atoms with E-state index in [0.29, 0.717) is 19.4 Å². The van der Waals surface area contributed by atoms with Crippen LogP contribution in [0.2, 0.25) is 0 Å². The molecule has 3 rings (SSSR count). The van der Waals surface area contributed by atoms with E-state index in [2.05, 4.69) is 47.6 Å². The number of aryl methyl sites for hydroxylation is 4. The fourth-order valence-electron chi connectivity index (χ4n) is 4.00. The summed E-state index contributed by atoms with van der Waals surface area (Å²) in [4.78, 5) is 12.2. The zero-order valence-electron chi connectivity index (χ0n) is 15.8. The van der Waals surface area contributed by atoms with E-state index in [1.807, 2.05) is 11.6 Å². The Morgan fingerprint density at radius 2 is 2.00 bits per heavy atom. The summed E-state index contributed by atoms with van der Waals surface area (Å²) >= 11 is 0. The van der Waals surface area contributed by atoms with Crippen molar-refractivity contribution in [3.8, 4) is 0 Å². The second-order valence-electron chi connectivity index (χ2n) is 7.60.